The van der Waals surface area contributed by atoms with Crippen molar-refractivity contribution in [3.05, 3.63) is 71.8 Å². The summed E-state index contributed by atoms with van der Waals surface area (Å²) in [6, 6.07) is 21.6. The molecule has 2 aromatic rings. The maximum absolute atomic E-state index is 12.6. The Kier molecular flexibility index (Phi) is 5.70. The van der Waals surface area contributed by atoms with Gasteiger partial charge in [0.15, 0.2) is 0 Å². The van der Waals surface area contributed by atoms with Crippen molar-refractivity contribution in [2.24, 2.45) is 0 Å². The van der Waals surface area contributed by atoms with Gasteiger partial charge < -0.3 is 5.32 Å². The molecule has 1 aliphatic rings. The highest BCUT2D eigenvalue weighted by molar-refractivity contribution is 5.94. The van der Waals surface area contributed by atoms with Crippen molar-refractivity contribution in [3.63, 3.8) is 0 Å². The number of carbonyl (C=O) groups excluding carboxylic acids is 1. The lowest BCUT2D eigenvalue weighted by Crippen LogP contribution is -2.62. The largest absolute Gasteiger partial charge is 0.346 e. The molecule has 0 aliphatic heterocycles. The molecule has 0 heterocycles. The summed E-state index contributed by atoms with van der Waals surface area (Å²) in [6.07, 6.45) is 3.55. The van der Waals surface area contributed by atoms with Crippen LogP contribution < -0.4 is 10.6 Å². The maximum atomic E-state index is 12.6. The van der Waals surface area contributed by atoms with Crippen LogP contribution in [0.3, 0.4) is 0 Å². The van der Waals surface area contributed by atoms with Gasteiger partial charge in [-0.15, -0.1) is 0 Å². The molecule has 1 amide bonds. The van der Waals surface area contributed by atoms with E-state index < -0.39 is 5.54 Å². The highest BCUT2D eigenvalue weighted by Crippen LogP contribution is 2.31. The Hall–Kier alpha value is -2.64. The summed E-state index contributed by atoms with van der Waals surface area (Å²) in [5.41, 5.74) is 1.01. The lowest BCUT2D eigenvalue weighted by atomic mass is 9.77. The Labute approximate surface area is 155 Å². The van der Waals surface area contributed by atoms with Crippen LogP contribution in [0.25, 0.3) is 0 Å². The van der Waals surface area contributed by atoms with E-state index in [0.29, 0.717) is 5.56 Å². The molecule has 3 rings (SSSR count). The van der Waals surface area contributed by atoms with Crippen molar-refractivity contribution in [2.45, 2.75) is 50.2 Å². The maximum Gasteiger partial charge on any atom is 0.251 e. The number of hydrogen-bond acceptors (Lipinski definition) is 3. The Balaban J connectivity index is 1.79. The van der Waals surface area contributed by atoms with E-state index in [4.69, 9.17) is 0 Å². The van der Waals surface area contributed by atoms with Gasteiger partial charge in [0.05, 0.1) is 12.1 Å². The third-order valence-electron chi connectivity index (χ3n) is 5.22. The summed E-state index contributed by atoms with van der Waals surface area (Å²) in [4.78, 5) is 12.6. The molecule has 2 N–H and O–H groups in total. The second-order valence-corrected chi connectivity index (χ2v) is 7.00. The first-order chi connectivity index (χ1) is 12.6. The monoisotopic (exact) mass is 347 g/mol. The van der Waals surface area contributed by atoms with Crippen LogP contribution >= 0.6 is 0 Å². The van der Waals surface area contributed by atoms with Gasteiger partial charge in [-0.3, -0.25) is 10.1 Å². The second-order valence-electron chi connectivity index (χ2n) is 7.00. The molecule has 0 radical (unpaired) electrons. The van der Waals surface area contributed by atoms with E-state index in [1.54, 1.807) is 12.1 Å². The Morgan fingerprint density at radius 2 is 1.77 bits per heavy atom. The molecular formula is C22H25N3O. The van der Waals surface area contributed by atoms with Crippen LogP contribution in [0.1, 0.15) is 54.6 Å². The Bertz CT molecular complexity index is 769. The number of carbonyl (C=O) groups is 1. The summed E-state index contributed by atoms with van der Waals surface area (Å²) >= 11 is 0. The van der Waals surface area contributed by atoms with Crippen LogP contribution in [-0.2, 0) is 0 Å². The number of benzene rings is 2. The number of nitrogens with one attached hydrogen (secondary N) is 2. The molecule has 0 unspecified atom stereocenters. The van der Waals surface area contributed by atoms with Crippen LogP contribution in [0, 0.1) is 11.3 Å². The van der Waals surface area contributed by atoms with Gasteiger partial charge in [-0.2, -0.15) is 5.26 Å². The van der Waals surface area contributed by atoms with E-state index in [1.165, 1.54) is 0 Å². The van der Waals surface area contributed by atoms with Crippen LogP contribution in [-0.4, -0.2) is 17.5 Å². The summed E-state index contributed by atoms with van der Waals surface area (Å²) < 4.78 is 0. The molecule has 0 spiro atoms. The molecule has 2 aromatic carbocycles. The van der Waals surface area contributed by atoms with Gasteiger partial charge in [-0.05, 0) is 37.5 Å². The van der Waals surface area contributed by atoms with E-state index in [-0.39, 0.29) is 18.0 Å². The number of hydrogen-bond donors (Lipinski definition) is 2. The van der Waals surface area contributed by atoms with Crippen LogP contribution in [0.2, 0.25) is 0 Å². The minimum absolute atomic E-state index is 0.0325. The van der Waals surface area contributed by atoms with Gasteiger partial charge in [0.2, 0.25) is 0 Å². The van der Waals surface area contributed by atoms with Crippen LogP contribution in [0.4, 0.5) is 0 Å². The van der Waals surface area contributed by atoms with Crippen molar-refractivity contribution in [2.75, 3.05) is 0 Å². The first kappa shape index (κ1) is 18.2. The minimum atomic E-state index is -0.752. The van der Waals surface area contributed by atoms with Crippen molar-refractivity contribution in [1.29, 1.82) is 5.26 Å². The van der Waals surface area contributed by atoms with Gasteiger partial charge in [-0.25, -0.2) is 0 Å². The predicted octanol–water partition coefficient (Wildman–Crippen LogP) is 3.97. The smallest absolute Gasteiger partial charge is 0.251 e. The quantitative estimate of drug-likeness (QED) is 0.860. The molecule has 1 aliphatic carbocycles. The zero-order chi connectivity index (χ0) is 18.4. The van der Waals surface area contributed by atoms with Crippen molar-refractivity contribution in [3.8, 4) is 6.07 Å². The van der Waals surface area contributed by atoms with Gasteiger partial charge in [0.25, 0.3) is 5.91 Å². The summed E-state index contributed by atoms with van der Waals surface area (Å²) in [5, 5.41) is 16.7. The molecule has 3 atom stereocenters. The highest BCUT2D eigenvalue weighted by Gasteiger charge is 2.43. The normalized spacial score (nSPS) is 23.6. The number of amides is 1. The Morgan fingerprint density at radius 3 is 2.42 bits per heavy atom. The fraction of sp³-hybridized carbons (Fsp3) is 0.364. The van der Waals surface area contributed by atoms with E-state index >= 15 is 0 Å². The number of rotatable bonds is 5. The van der Waals surface area contributed by atoms with E-state index in [0.717, 1.165) is 31.2 Å². The van der Waals surface area contributed by atoms with E-state index in [2.05, 4.69) is 35.8 Å². The van der Waals surface area contributed by atoms with Crippen LogP contribution in [0.5, 0.6) is 0 Å². The summed E-state index contributed by atoms with van der Waals surface area (Å²) in [5.74, 6) is -0.119. The summed E-state index contributed by atoms with van der Waals surface area (Å²) in [7, 11) is 0. The van der Waals surface area contributed by atoms with Gasteiger partial charge in [0, 0.05) is 11.6 Å². The SMILES string of the molecule is C[C@@H](N[C@@]1(C#N)CCCC[C@@H]1NC(=O)c1ccccc1)c1ccccc1. The number of nitrogens with zero attached hydrogens (tertiary/aromatic N) is 1. The third kappa shape index (κ3) is 3.95. The summed E-state index contributed by atoms with van der Waals surface area (Å²) in [6.45, 7) is 2.07. The number of nitriles is 1. The fourth-order valence-corrected chi connectivity index (χ4v) is 3.75. The van der Waals surface area contributed by atoms with Crippen molar-refractivity contribution < 1.29 is 4.79 Å². The van der Waals surface area contributed by atoms with E-state index in [1.807, 2.05) is 36.4 Å². The standard InChI is InChI=1S/C22H25N3O/c1-17(18-10-4-2-5-11-18)25-22(16-23)15-9-8-14-20(22)24-21(26)19-12-6-3-7-13-19/h2-7,10-13,17,20,25H,8-9,14-15H2,1H3,(H,24,26)/t17-,20+,22-/m1/s1. The molecule has 4 nitrogen and oxygen atoms in total. The van der Waals surface area contributed by atoms with E-state index in [9.17, 15) is 10.1 Å². The first-order valence-corrected chi connectivity index (χ1v) is 9.24. The van der Waals surface area contributed by atoms with Gasteiger partial charge in [0.1, 0.15) is 5.54 Å². The average molecular weight is 347 g/mol. The molecular weight excluding hydrogens is 322 g/mol. The lowest BCUT2D eigenvalue weighted by Gasteiger charge is -2.41. The average Bonchev–Trinajstić information content (AvgIpc) is 2.70. The van der Waals surface area contributed by atoms with Crippen molar-refractivity contribution >= 4 is 5.91 Å². The molecule has 134 valence electrons. The van der Waals surface area contributed by atoms with Crippen LogP contribution in [0.15, 0.2) is 60.7 Å². The molecule has 1 saturated carbocycles. The molecule has 0 aromatic heterocycles. The zero-order valence-corrected chi connectivity index (χ0v) is 15.1. The highest BCUT2D eigenvalue weighted by atomic mass is 16.1. The second kappa shape index (κ2) is 8.16. The van der Waals surface area contributed by atoms with Gasteiger partial charge in [-0.1, -0.05) is 61.4 Å². The molecule has 0 saturated heterocycles. The molecule has 26 heavy (non-hydrogen) atoms. The lowest BCUT2D eigenvalue weighted by molar-refractivity contribution is 0.0890. The third-order valence-corrected chi connectivity index (χ3v) is 5.22. The zero-order valence-electron chi connectivity index (χ0n) is 15.1. The topological polar surface area (TPSA) is 64.9 Å². The first-order valence-electron chi connectivity index (χ1n) is 9.24. The molecule has 0 bridgehead atoms. The molecule has 4 heteroatoms. The van der Waals surface area contributed by atoms with Crippen molar-refractivity contribution in [1.82, 2.24) is 10.6 Å². The Morgan fingerprint density at radius 1 is 1.12 bits per heavy atom. The fourth-order valence-electron chi connectivity index (χ4n) is 3.75. The van der Waals surface area contributed by atoms with Gasteiger partial charge >= 0.3 is 0 Å². The predicted molar refractivity (Wildman–Crippen MR) is 103 cm³/mol. The molecule has 1 fully saturated rings. The minimum Gasteiger partial charge on any atom is -0.346 e.